The highest BCUT2D eigenvalue weighted by Gasteiger charge is 2.29. The molecule has 0 spiro atoms. The first-order valence-corrected chi connectivity index (χ1v) is 10.2. The van der Waals surface area contributed by atoms with Gasteiger partial charge in [0, 0.05) is 11.1 Å². The van der Waals surface area contributed by atoms with E-state index in [9.17, 15) is 17.6 Å². The van der Waals surface area contributed by atoms with Gasteiger partial charge in [0.05, 0.1) is 11.9 Å². The van der Waals surface area contributed by atoms with Crippen molar-refractivity contribution in [2.24, 2.45) is 0 Å². The van der Waals surface area contributed by atoms with E-state index in [4.69, 9.17) is 0 Å². The summed E-state index contributed by atoms with van der Waals surface area (Å²) in [7, 11) is -3.81. The lowest BCUT2D eigenvalue weighted by molar-refractivity contribution is -0.116. The van der Waals surface area contributed by atoms with Crippen LogP contribution >= 0.6 is 0 Å². The quantitative estimate of drug-likeness (QED) is 0.726. The van der Waals surface area contributed by atoms with E-state index in [0.29, 0.717) is 5.69 Å². The van der Waals surface area contributed by atoms with Crippen molar-refractivity contribution in [1.29, 1.82) is 0 Å². The Hall–Kier alpha value is -2.93. The molecule has 0 saturated heterocycles. The molecule has 3 aromatic carbocycles. The van der Waals surface area contributed by atoms with Gasteiger partial charge in [0.25, 0.3) is 0 Å². The molecule has 0 aliphatic rings. The Morgan fingerprint density at radius 3 is 2.41 bits per heavy atom. The van der Waals surface area contributed by atoms with Crippen molar-refractivity contribution in [2.75, 3.05) is 15.9 Å². The van der Waals surface area contributed by atoms with Gasteiger partial charge < -0.3 is 5.32 Å². The number of halogens is 1. The average Bonchev–Trinajstić information content (AvgIpc) is 2.61. The molecule has 0 aliphatic heterocycles. The number of nitrogens with one attached hydrogen (secondary N) is 1. The minimum absolute atomic E-state index is 0.0954. The molecule has 3 rings (SSSR count). The molecule has 3 aromatic rings. The van der Waals surface area contributed by atoms with Crippen LogP contribution in [0.2, 0.25) is 0 Å². The fourth-order valence-corrected chi connectivity index (χ4v) is 4.16. The summed E-state index contributed by atoms with van der Waals surface area (Å²) in [5.74, 6) is -1.09. The van der Waals surface area contributed by atoms with Crippen LogP contribution in [0, 0.1) is 5.82 Å². The lowest BCUT2D eigenvalue weighted by Gasteiger charge is -2.28. The van der Waals surface area contributed by atoms with Gasteiger partial charge in [-0.2, -0.15) is 0 Å². The molecule has 0 heterocycles. The molecule has 0 unspecified atom stereocenters. The summed E-state index contributed by atoms with van der Waals surface area (Å²) in [4.78, 5) is 12.8. The van der Waals surface area contributed by atoms with Crippen LogP contribution < -0.4 is 9.62 Å². The van der Waals surface area contributed by atoms with E-state index >= 15 is 0 Å². The van der Waals surface area contributed by atoms with Crippen molar-refractivity contribution >= 4 is 38.1 Å². The summed E-state index contributed by atoms with van der Waals surface area (Å²) in [6.45, 7) is 1.46. The van der Waals surface area contributed by atoms with Crippen molar-refractivity contribution in [3.8, 4) is 0 Å². The Labute approximate surface area is 157 Å². The van der Waals surface area contributed by atoms with Crippen LogP contribution in [0.15, 0.2) is 66.7 Å². The Morgan fingerprint density at radius 1 is 1.04 bits per heavy atom. The Kier molecular flexibility index (Phi) is 5.14. The molecule has 27 heavy (non-hydrogen) atoms. The third-order valence-electron chi connectivity index (χ3n) is 4.20. The number of benzene rings is 3. The number of hydrogen-bond donors (Lipinski definition) is 1. The zero-order valence-electron chi connectivity index (χ0n) is 14.9. The first kappa shape index (κ1) is 18.8. The van der Waals surface area contributed by atoms with E-state index in [0.717, 1.165) is 27.4 Å². The summed E-state index contributed by atoms with van der Waals surface area (Å²) < 4.78 is 39.0. The van der Waals surface area contributed by atoms with Crippen molar-refractivity contribution in [2.45, 2.75) is 13.0 Å². The Balaban J connectivity index is 1.94. The summed E-state index contributed by atoms with van der Waals surface area (Å²) in [6.07, 6.45) is 0.986. The van der Waals surface area contributed by atoms with Gasteiger partial charge >= 0.3 is 0 Å². The van der Waals surface area contributed by atoms with Crippen LogP contribution in [0.25, 0.3) is 10.8 Å². The normalized spacial score (nSPS) is 12.6. The molecule has 7 heteroatoms. The van der Waals surface area contributed by atoms with Crippen LogP contribution in [-0.2, 0) is 14.8 Å². The van der Waals surface area contributed by atoms with E-state index < -0.39 is 27.8 Å². The second-order valence-corrected chi connectivity index (χ2v) is 8.09. The smallest absolute Gasteiger partial charge is 0.248 e. The summed E-state index contributed by atoms with van der Waals surface area (Å²) in [6, 6.07) is 17.1. The maximum atomic E-state index is 13.6. The number of carbonyl (C=O) groups is 1. The SMILES string of the molecule is C[C@H](C(=O)Nc1cccc2ccccc12)N(c1cccc(F)c1)S(C)(=O)=O. The molecule has 1 N–H and O–H groups in total. The van der Waals surface area contributed by atoms with Gasteiger partial charge in [0.15, 0.2) is 0 Å². The molecule has 0 radical (unpaired) electrons. The molecule has 0 bridgehead atoms. The number of amides is 1. The number of carbonyl (C=O) groups excluding carboxylic acids is 1. The molecule has 1 atom stereocenters. The van der Waals surface area contributed by atoms with Crippen LogP contribution in [0.1, 0.15) is 6.92 Å². The maximum absolute atomic E-state index is 13.6. The molecule has 5 nitrogen and oxygen atoms in total. The van der Waals surface area contributed by atoms with Crippen molar-refractivity contribution in [3.05, 3.63) is 72.5 Å². The van der Waals surface area contributed by atoms with Crippen molar-refractivity contribution < 1.29 is 17.6 Å². The zero-order valence-corrected chi connectivity index (χ0v) is 15.7. The first-order chi connectivity index (χ1) is 12.8. The van der Waals surface area contributed by atoms with E-state index in [1.165, 1.54) is 25.1 Å². The van der Waals surface area contributed by atoms with Gasteiger partial charge in [-0.05, 0) is 36.6 Å². The molecule has 140 valence electrons. The lowest BCUT2D eigenvalue weighted by Crippen LogP contribution is -2.45. The topological polar surface area (TPSA) is 66.5 Å². The number of fused-ring (bicyclic) bond motifs is 1. The molecule has 0 aromatic heterocycles. The minimum Gasteiger partial charge on any atom is -0.324 e. The van der Waals surface area contributed by atoms with E-state index in [-0.39, 0.29) is 5.69 Å². The van der Waals surface area contributed by atoms with Gasteiger partial charge in [-0.3, -0.25) is 9.10 Å². The molecule has 0 fully saturated rings. The second-order valence-electron chi connectivity index (χ2n) is 6.23. The molecular formula is C20H19FN2O3S. The highest BCUT2D eigenvalue weighted by Crippen LogP contribution is 2.25. The largest absolute Gasteiger partial charge is 0.324 e. The third kappa shape index (κ3) is 4.09. The number of nitrogens with zero attached hydrogens (tertiary/aromatic N) is 1. The second kappa shape index (κ2) is 7.36. The van der Waals surface area contributed by atoms with E-state index in [1.54, 1.807) is 6.07 Å². The predicted molar refractivity (Wildman–Crippen MR) is 106 cm³/mol. The third-order valence-corrected chi connectivity index (χ3v) is 5.44. The van der Waals surface area contributed by atoms with E-state index in [1.807, 2.05) is 36.4 Å². The minimum atomic E-state index is -3.81. The Bertz CT molecular complexity index is 1090. The Morgan fingerprint density at radius 2 is 1.70 bits per heavy atom. The number of sulfonamides is 1. The lowest BCUT2D eigenvalue weighted by atomic mass is 10.1. The molecule has 0 saturated carbocycles. The maximum Gasteiger partial charge on any atom is 0.248 e. The standard InChI is InChI=1S/C20H19FN2O3S/c1-14(23(27(2,25)26)17-10-6-9-16(21)13-17)20(24)22-19-12-5-8-15-7-3-4-11-18(15)19/h3-14H,1-2H3,(H,22,24)/t14-/m1/s1. The molecular weight excluding hydrogens is 367 g/mol. The van der Waals surface area contributed by atoms with Gasteiger partial charge in [-0.1, -0.05) is 42.5 Å². The summed E-state index contributed by atoms with van der Waals surface area (Å²) in [5.41, 5.74) is 0.677. The average molecular weight is 386 g/mol. The number of hydrogen-bond acceptors (Lipinski definition) is 3. The van der Waals surface area contributed by atoms with Gasteiger partial charge in [0.1, 0.15) is 11.9 Å². The van der Waals surface area contributed by atoms with Crippen LogP contribution in [0.3, 0.4) is 0 Å². The van der Waals surface area contributed by atoms with Gasteiger partial charge in [-0.15, -0.1) is 0 Å². The fraction of sp³-hybridized carbons (Fsp3) is 0.150. The van der Waals surface area contributed by atoms with Crippen LogP contribution in [-0.4, -0.2) is 26.6 Å². The van der Waals surface area contributed by atoms with Gasteiger partial charge in [-0.25, -0.2) is 12.8 Å². The van der Waals surface area contributed by atoms with Crippen molar-refractivity contribution in [3.63, 3.8) is 0 Å². The van der Waals surface area contributed by atoms with Crippen LogP contribution in [0.4, 0.5) is 15.8 Å². The van der Waals surface area contributed by atoms with E-state index in [2.05, 4.69) is 5.32 Å². The summed E-state index contributed by atoms with van der Waals surface area (Å²) in [5, 5.41) is 4.58. The van der Waals surface area contributed by atoms with Gasteiger partial charge in [0.2, 0.25) is 15.9 Å². The highest BCUT2D eigenvalue weighted by molar-refractivity contribution is 7.92. The molecule has 1 amide bonds. The number of anilines is 2. The monoisotopic (exact) mass is 386 g/mol. The summed E-state index contributed by atoms with van der Waals surface area (Å²) >= 11 is 0. The fourth-order valence-electron chi connectivity index (χ4n) is 2.99. The first-order valence-electron chi connectivity index (χ1n) is 8.31. The number of rotatable bonds is 5. The predicted octanol–water partition coefficient (Wildman–Crippen LogP) is 3.77. The zero-order chi connectivity index (χ0) is 19.6. The highest BCUT2D eigenvalue weighted by atomic mass is 32.2. The molecule has 0 aliphatic carbocycles. The van der Waals surface area contributed by atoms with Crippen molar-refractivity contribution in [1.82, 2.24) is 0 Å². The van der Waals surface area contributed by atoms with Crippen LogP contribution in [0.5, 0.6) is 0 Å².